The molecular formula is C22H20ClF2N7O2. The van der Waals surface area contributed by atoms with Crippen LogP contribution in [-0.4, -0.2) is 49.1 Å². The van der Waals surface area contributed by atoms with Gasteiger partial charge in [-0.1, -0.05) is 11.6 Å². The van der Waals surface area contributed by atoms with Crippen LogP contribution in [0.2, 0.25) is 5.02 Å². The zero-order chi connectivity index (χ0) is 24.1. The monoisotopic (exact) mass is 487 g/mol. The molecule has 5 rings (SSSR count). The van der Waals surface area contributed by atoms with Crippen LogP contribution in [0.1, 0.15) is 31.7 Å². The summed E-state index contributed by atoms with van der Waals surface area (Å²) in [5.41, 5.74) is 1.53. The number of anilines is 1. The van der Waals surface area contributed by atoms with Crippen LogP contribution in [0.3, 0.4) is 0 Å². The predicted molar refractivity (Wildman–Crippen MR) is 122 cm³/mol. The first kappa shape index (κ1) is 22.2. The van der Waals surface area contributed by atoms with E-state index in [0.717, 1.165) is 0 Å². The number of benzene rings is 1. The Morgan fingerprint density at radius 3 is 2.82 bits per heavy atom. The molecule has 0 spiro atoms. The van der Waals surface area contributed by atoms with Gasteiger partial charge in [0.2, 0.25) is 11.8 Å². The van der Waals surface area contributed by atoms with E-state index in [1.54, 1.807) is 30.6 Å². The molecule has 1 unspecified atom stereocenters. The van der Waals surface area contributed by atoms with Crippen molar-refractivity contribution < 1.29 is 18.4 Å². The molecule has 1 saturated carbocycles. The average molecular weight is 488 g/mol. The predicted octanol–water partition coefficient (Wildman–Crippen LogP) is 3.60. The number of aromatic nitrogens is 5. The molecular weight excluding hydrogens is 468 g/mol. The highest BCUT2D eigenvalue weighted by Gasteiger charge is 2.43. The lowest BCUT2D eigenvalue weighted by molar-refractivity contribution is -0.122. The van der Waals surface area contributed by atoms with E-state index in [0.29, 0.717) is 34.4 Å². The molecule has 12 heteroatoms. The fourth-order valence-electron chi connectivity index (χ4n) is 4.00. The number of carbonyl (C=O) groups is 2. The first-order valence-corrected chi connectivity index (χ1v) is 11.1. The van der Waals surface area contributed by atoms with Crippen LogP contribution in [0.15, 0.2) is 24.8 Å². The summed E-state index contributed by atoms with van der Waals surface area (Å²) < 4.78 is 30.2. The van der Waals surface area contributed by atoms with Gasteiger partial charge in [0.1, 0.15) is 12.0 Å². The SMILES string of the molecule is CCNC(=O)C(C)c1c(F)c(Cl)c(-c2cn3cc(NC(=O)[C@@H]4C[C@@H]4F)nc3cn2)c2cn[nH]c12. The highest BCUT2D eigenvalue weighted by Crippen LogP contribution is 2.41. The highest BCUT2D eigenvalue weighted by molar-refractivity contribution is 6.35. The number of likely N-dealkylation sites (N-methyl/N-ethyl adjacent to an activating group) is 1. The van der Waals surface area contributed by atoms with Gasteiger partial charge in [0, 0.05) is 29.3 Å². The number of alkyl halides is 1. The molecule has 4 aromatic rings. The van der Waals surface area contributed by atoms with E-state index in [1.807, 2.05) is 0 Å². The molecule has 1 aromatic carbocycles. The Morgan fingerprint density at radius 1 is 1.35 bits per heavy atom. The maximum atomic E-state index is 15.5. The number of fused-ring (bicyclic) bond motifs is 2. The van der Waals surface area contributed by atoms with Crippen LogP contribution in [0.25, 0.3) is 27.8 Å². The number of rotatable bonds is 6. The number of aromatic amines is 1. The van der Waals surface area contributed by atoms with Crippen molar-refractivity contribution in [3.63, 3.8) is 0 Å². The number of carbonyl (C=O) groups excluding carboxylic acids is 2. The maximum Gasteiger partial charge on any atom is 0.231 e. The molecule has 3 N–H and O–H groups in total. The Balaban J connectivity index is 1.56. The number of nitrogens with one attached hydrogen (secondary N) is 3. The molecule has 0 radical (unpaired) electrons. The number of imidazole rings is 1. The third-order valence-electron chi connectivity index (χ3n) is 5.90. The molecule has 176 valence electrons. The summed E-state index contributed by atoms with van der Waals surface area (Å²) in [6, 6.07) is 0. The smallest absolute Gasteiger partial charge is 0.231 e. The number of H-pyrrole nitrogens is 1. The van der Waals surface area contributed by atoms with Crippen molar-refractivity contribution in [3.05, 3.63) is 41.2 Å². The van der Waals surface area contributed by atoms with E-state index in [4.69, 9.17) is 11.6 Å². The van der Waals surface area contributed by atoms with Crippen LogP contribution in [0.5, 0.6) is 0 Å². The number of nitrogens with zero attached hydrogens (tertiary/aromatic N) is 4. The zero-order valence-corrected chi connectivity index (χ0v) is 19.0. The number of hydrogen-bond acceptors (Lipinski definition) is 5. The lowest BCUT2D eigenvalue weighted by Gasteiger charge is -2.17. The molecule has 1 aliphatic carbocycles. The van der Waals surface area contributed by atoms with Gasteiger partial charge in [-0.3, -0.25) is 19.7 Å². The van der Waals surface area contributed by atoms with Crippen LogP contribution >= 0.6 is 11.6 Å². The second-order valence-electron chi connectivity index (χ2n) is 8.20. The van der Waals surface area contributed by atoms with Gasteiger partial charge in [-0.15, -0.1) is 0 Å². The van der Waals surface area contributed by atoms with Crippen molar-refractivity contribution >= 4 is 45.8 Å². The largest absolute Gasteiger partial charge is 0.356 e. The number of amides is 2. The summed E-state index contributed by atoms with van der Waals surface area (Å²) in [6.07, 6.45) is 5.19. The Hall–Kier alpha value is -3.60. The molecule has 0 aliphatic heterocycles. The van der Waals surface area contributed by atoms with Gasteiger partial charge in [-0.05, 0) is 20.3 Å². The minimum atomic E-state index is -1.11. The second kappa shape index (κ2) is 8.32. The van der Waals surface area contributed by atoms with E-state index >= 15 is 4.39 Å². The molecule has 1 aliphatic rings. The van der Waals surface area contributed by atoms with Crippen molar-refractivity contribution in [1.29, 1.82) is 0 Å². The lowest BCUT2D eigenvalue weighted by atomic mass is 9.94. The van der Waals surface area contributed by atoms with Crippen molar-refractivity contribution in [2.24, 2.45) is 5.92 Å². The third-order valence-corrected chi connectivity index (χ3v) is 6.26. The Kier molecular flexibility index (Phi) is 5.43. The van der Waals surface area contributed by atoms with E-state index in [9.17, 15) is 14.0 Å². The molecule has 3 heterocycles. The minimum Gasteiger partial charge on any atom is -0.356 e. The highest BCUT2D eigenvalue weighted by atomic mass is 35.5. The first-order chi connectivity index (χ1) is 16.3. The fraction of sp³-hybridized carbons (Fsp3) is 0.318. The van der Waals surface area contributed by atoms with E-state index in [1.165, 1.54) is 12.4 Å². The molecule has 9 nitrogen and oxygen atoms in total. The zero-order valence-electron chi connectivity index (χ0n) is 18.2. The molecule has 3 aromatic heterocycles. The quantitative estimate of drug-likeness (QED) is 0.384. The van der Waals surface area contributed by atoms with Crippen molar-refractivity contribution in [3.8, 4) is 11.3 Å². The van der Waals surface area contributed by atoms with Gasteiger partial charge in [0.05, 0.1) is 46.7 Å². The average Bonchev–Trinajstić information content (AvgIpc) is 3.17. The van der Waals surface area contributed by atoms with E-state index in [-0.39, 0.29) is 28.7 Å². The van der Waals surface area contributed by atoms with Gasteiger partial charge in [-0.25, -0.2) is 13.8 Å². The third kappa shape index (κ3) is 3.65. The van der Waals surface area contributed by atoms with Gasteiger partial charge in [0.15, 0.2) is 11.5 Å². The van der Waals surface area contributed by atoms with E-state index in [2.05, 4.69) is 30.8 Å². The summed E-state index contributed by atoms with van der Waals surface area (Å²) >= 11 is 6.47. The minimum absolute atomic E-state index is 0.118. The van der Waals surface area contributed by atoms with Crippen molar-refractivity contribution in [1.82, 2.24) is 29.9 Å². The van der Waals surface area contributed by atoms with E-state index < -0.39 is 29.7 Å². The van der Waals surface area contributed by atoms with Crippen molar-refractivity contribution in [2.45, 2.75) is 32.4 Å². The Morgan fingerprint density at radius 2 is 2.12 bits per heavy atom. The van der Waals surface area contributed by atoms with Gasteiger partial charge < -0.3 is 15.0 Å². The normalized spacial score (nSPS) is 18.3. The number of hydrogen-bond donors (Lipinski definition) is 3. The molecule has 2 amide bonds. The van der Waals surface area contributed by atoms with Crippen molar-refractivity contribution in [2.75, 3.05) is 11.9 Å². The maximum absolute atomic E-state index is 15.5. The van der Waals surface area contributed by atoms with Gasteiger partial charge >= 0.3 is 0 Å². The molecule has 3 atom stereocenters. The summed E-state index contributed by atoms with van der Waals surface area (Å²) in [5, 5.41) is 12.4. The summed E-state index contributed by atoms with van der Waals surface area (Å²) in [5.74, 6) is -2.70. The Bertz CT molecular complexity index is 1450. The summed E-state index contributed by atoms with van der Waals surface area (Å²) in [6.45, 7) is 3.79. The van der Waals surface area contributed by atoms with Gasteiger partial charge in [-0.2, -0.15) is 5.10 Å². The molecule has 34 heavy (non-hydrogen) atoms. The standard InChI is InChI=1S/C22H20ClF2N7O2/c1-3-26-21(33)9(2)16-19(25)18(23)17(11-5-28-31-20(11)16)13-7-32-8-14(29-15(32)6-27-13)30-22(34)10-4-12(10)24/h5-10,12H,3-4H2,1-2H3,(H,26,33)(H,28,31)(H,30,34)/t9?,10-,12+/m1/s1. The Labute approximate surface area is 196 Å². The topological polar surface area (TPSA) is 117 Å². The molecule has 0 saturated heterocycles. The molecule has 0 bridgehead atoms. The fourth-order valence-corrected chi connectivity index (χ4v) is 4.30. The van der Waals surface area contributed by atoms with Crippen LogP contribution in [-0.2, 0) is 9.59 Å². The summed E-state index contributed by atoms with van der Waals surface area (Å²) in [7, 11) is 0. The molecule has 1 fully saturated rings. The van der Waals surface area contributed by atoms with Crippen LogP contribution in [0.4, 0.5) is 14.6 Å². The van der Waals surface area contributed by atoms with Gasteiger partial charge in [0.25, 0.3) is 0 Å². The second-order valence-corrected chi connectivity index (χ2v) is 8.58. The van der Waals surface area contributed by atoms with Crippen LogP contribution in [0, 0.1) is 11.7 Å². The first-order valence-electron chi connectivity index (χ1n) is 10.7. The summed E-state index contributed by atoms with van der Waals surface area (Å²) in [4.78, 5) is 33.0. The van der Waals surface area contributed by atoms with Crippen LogP contribution < -0.4 is 10.6 Å². The lowest BCUT2D eigenvalue weighted by Crippen LogP contribution is -2.28. The number of halogens is 3.